The minimum Gasteiger partial charge on any atom is -0.507 e. The van der Waals surface area contributed by atoms with E-state index in [1.54, 1.807) is 45.0 Å². The maximum absolute atomic E-state index is 16.5. The van der Waals surface area contributed by atoms with Crippen LogP contribution < -0.4 is 67.2 Å². The van der Waals surface area contributed by atoms with Crippen LogP contribution in [-0.4, -0.2) is 205 Å². The number of halogens is 2. The summed E-state index contributed by atoms with van der Waals surface area (Å²) in [6.45, 7) is 9.53. The number of nitrogens with one attached hydrogen (secondary N) is 8. The van der Waals surface area contributed by atoms with Crippen molar-refractivity contribution < 1.29 is 137 Å². The third-order valence-electron chi connectivity index (χ3n) is 22.6. The molecule has 672 valence electrons. The van der Waals surface area contributed by atoms with Crippen LogP contribution in [0.5, 0.6) is 51.7 Å². The van der Waals surface area contributed by atoms with Crippen molar-refractivity contribution in [3.63, 3.8) is 0 Å². The Labute approximate surface area is 726 Å². The van der Waals surface area contributed by atoms with Crippen LogP contribution in [0, 0.1) is 17.8 Å². The van der Waals surface area contributed by atoms with Gasteiger partial charge < -0.3 is 137 Å². The minimum absolute atomic E-state index is 0.0299. The van der Waals surface area contributed by atoms with E-state index in [-0.39, 0.29) is 71.7 Å². The second-order valence-electron chi connectivity index (χ2n) is 32.2. The third kappa shape index (κ3) is 21.5. The number of alkyl carbamates (subject to hydrolysis) is 1. The van der Waals surface area contributed by atoms with E-state index in [9.17, 15) is 69.9 Å². The lowest BCUT2D eigenvalue weighted by molar-refractivity contribution is -0.332. The Morgan fingerprint density at radius 3 is 2.06 bits per heavy atom. The zero-order chi connectivity index (χ0) is 90.2. The Kier molecular flexibility index (Phi) is 30.1. The predicted molar refractivity (Wildman–Crippen MR) is 442 cm³/mol. The lowest BCUT2D eigenvalue weighted by atomic mass is 9.84. The highest BCUT2D eigenvalue weighted by atomic mass is 35.5. The van der Waals surface area contributed by atoms with Gasteiger partial charge in [-0.2, -0.15) is 0 Å². The van der Waals surface area contributed by atoms with Crippen LogP contribution in [0.1, 0.15) is 163 Å². The molecule has 6 aromatic rings. The predicted octanol–water partition coefficient (Wildman–Crippen LogP) is 6.76. The number of rotatable bonds is 26. The first kappa shape index (κ1) is 93.0. The summed E-state index contributed by atoms with van der Waals surface area (Å²) < 4.78 is 56.1. The molecule has 14 rings (SSSR count). The average Bonchev–Trinajstić information content (AvgIpc) is 1.58. The lowest BCUT2D eigenvalue weighted by Crippen LogP contribution is -2.63. The summed E-state index contributed by atoms with van der Waals surface area (Å²) in [7, 11) is 0. The maximum Gasteiger partial charge on any atom is 0.408 e. The Bertz CT molecular complexity index is 5050. The molecule has 0 radical (unpaired) electrons. The molecule has 0 aliphatic carbocycles. The third-order valence-corrected chi connectivity index (χ3v) is 23.2. The van der Waals surface area contributed by atoms with Crippen LogP contribution in [-0.2, 0) is 68.6 Å². The zero-order valence-electron chi connectivity index (χ0n) is 68.9. The molecule has 3 fully saturated rings. The van der Waals surface area contributed by atoms with Gasteiger partial charge in [-0.1, -0.05) is 81.9 Å². The number of aliphatic hydroxyl groups excluding tert-OH is 5. The number of aliphatic hydroxyl groups is 5. The highest BCUT2D eigenvalue weighted by Gasteiger charge is 2.56. The molecule has 8 aliphatic heterocycles. The van der Waals surface area contributed by atoms with Gasteiger partial charge >= 0.3 is 18.1 Å². The molecule has 19 N–H and O–H groups in total. The zero-order valence-corrected chi connectivity index (χ0v) is 70.4. The normalized spacial score (nSPS) is 26.4. The number of phenolic OH excluding ortho intramolecular Hbond substituents is 3. The first-order valence-electron chi connectivity index (χ1n) is 40.9. The number of primary amides is 1. The quantitative estimate of drug-likeness (QED) is 0.0197. The fraction of sp³-hybridized carbons (Fsp3) is 0.465. The molecule has 11 bridgehead atoms. The summed E-state index contributed by atoms with van der Waals surface area (Å²) in [4.78, 5) is 146. The van der Waals surface area contributed by atoms with Crippen molar-refractivity contribution in [2.24, 2.45) is 23.5 Å². The maximum atomic E-state index is 16.5. The van der Waals surface area contributed by atoms with Gasteiger partial charge in [-0.05, 0) is 140 Å². The molecule has 125 heavy (non-hydrogen) atoms. The van der Waals surface area contributed by atoms with Crippen molar-refractivity contribution >= 4 is 88.1 Å². The van der Waals surface area contributed by atoms with Gasteiger partial charge in [0.1, 0.15) is 89.9 Å². The molecule has 3 saturated heterocycles. The number of amides is 8. The molecule has 39 heteroatoms. The van der Waals surface area contributed by atoms with Gasteiger partial charge in [0.25, 0.3) is 0 Å². The van der Waals surface area contributed by atoms with E-state index in [1.807, 2.05) is 13.8 Å². The molecule has 0 aromatic heterocycles. The lowest BCUT2D eigenvalue weighted by Gasteiger charge is -2.46. The van der Waals surface area contributed by atoms with Gasteiger partial charge in [0.05, 0.1) is 58.9 Å². The number of nitrogens with two attached hydrogens (primary N) is 1. The number of carbonyl (C=O) groups is 10. The van der Waals surface area contributed by atoms with Crippen LogP contribution in [0.4, 0.5) is 15.3 Å². The van der Waals surface area contributed by atoms with Gasteiger partial charge in [0.15, 0.2) is 47.6 Å². The molecule has 37 nitrogen and oxygen atoms in total. The van der Waals surface area contributed by atoms with Crippen LogP contribution in [0.15, 0.2) is 97.1 Å². The van der Waals surface area contributed by atoms with E-state index >= 15 is 24.0 Å². The number of aromatic hydroxyl groups is 3. The Morgan fingerprint density at radius 2 is 1.42 bits per heavy atom. The summed E-state index contributed by atoms with van der Waals surface area (Å²) in [6.07, 6.45) is -17.4. The first-order chi connectivity index (χ1) is 59.5. The highest BCUT2D eigenvalue weighted by molar-refractivity contribution is 6.32. The second kappa shape index (κ2) is 40.4. The minimum atomic E-state index is -2.34. The number of fused-ring (bicyclic) bond motifs is 16. The summed E-state index contributed by atoms with van der Waals surface area (Å²) in [5.41, 5.74) is 2.12. The van der Waals surface area contributed by atoms with Crippen LogP contribution in [0.25, 0.3) is 11.1 Å². The Hall–Kier alpha value is -11.2. The van der Waals surface area contributed by atoms with Crippen molar-refractivity contribution in [2.75, 3.05) is 38.4 Å². The van der Waals surface area contributed by atoms with E-state index < -0.39 is 268 Å². The number of aliphatic carboxylic acids is 1. The Balaban J connectivity index is 0.984. The van der Waals surface area contributed by atoms with Crippen molar-refractivity contribution in [1.82, 2.24) is 37.2 Å². The number of unbranched alkanes of at least 4 members (excludes halogenated alkanes) is 2. The van der Waals surface area contributed by atoms with Gasteiger partial charge in [0, 0.05) is 67.1 Å². The summed E-state index contributed by atoms with van der Waals surface area (Å²) in [5, 5.41) is 128. The van der Waals surface area contributed by atoms with E-state index in [0.29, 0.717) is 24.5 Å². The number of Topliss-reactive ketones (excluding diaryl/α,β-unsaturated/α-hetero) is 2. The Morgan fingerprint density at radius 1 is 0.736 bits per heavy atom. The molecular weight excluding hydrogens is 1680 g/mol. The SMILES string of the molecule is CCCCCOc1ccc(NC(=O)NCOCCNCc2c(O)cc3c(c2O)-c2cc(ccc2O)[C@H]2CC(=O)[C@@H]4NC(=O)[C@H](CC(N)=O)CC(=O)[C@H](NC(=O)[C@H](CC)CC(C)C)[C@H](O)c5ccc(c(Cl)c5)Oc5cc4cc(c5O[C@@H]4O[C@H](CO)[C@@H](O)[C@H](O)[C@H]4O[C@H]4C[C@]5(C)NC(=O)O[C@@H]5[C@H](C)O4)Oc4ccc(cc4Cl)[C@@H](O)[C@H](NC2=O)C(=O)N[C@@H]3C(=O)O)cc1. The van der Waals surface area contributed by atoms with E-state index in [0.717, 1.165) is 73.9 Å². The van der Waals surface area contributed by atoms with E-state index in [4.69, 9.17) is 71.6 Å². The molecule has 18 atom stereocenters. The number of phenols is 3. The molecule has 0 spiro atoms. The second-order valence-corrected chi connectivity index (χ2v) is 33.0. The molecule has 8 aliphatic rings. The number of ether oxygens (including phenoxy) is 9. The number of anilines is 1. The van der Waals surface area contributed by atoms with Crippen molar-refractivity contribution in [3.8, 4) is 62.9 Å². The fourth-order valence-electron chi connectivity index (χ4n) is 16.1. The molecule has 8 heterocycles. The van der Waals surface area contributed by atoms with Gasteiger partial charge in [-0.15, -0.1) is 0 Å². The van der Waals surface area contributed by atoms with E-state index in [1.165, 1.54) is 18.2 Å². The molecule has 6 aromatic carbocycles. The molecular formula is C86H101Cl2N9O28. The van der Waals surface area contributed by atoms with Gasteiger partial charge in [-0.25, -0.2) is 14.4 Å². The summed E-state index contributed by atoms with van der Waals surface area (Å²) in [5.74, 6) is -19.0. The summed E-state index contributed by atoms with van der Waals surface area (Å²) in [6, 6.07) is 10.7. The van der Waals surface area contributed by atoms with Crippen LogP contribution in [0.2, 0.25) is 10.0 Å². The van der Waals surface area contributed by atoms with Gasteiger partial charge in [-0.3, -0.25) is 33.6 Å². The number of carbonyl (C=O) groups excluding carboxylic acids is 9. The van der Waals surface area contributed by atoms with Crippen molar-refractivity contribution in [2.45, 2.75) is 203 Å². The summed E-state index contributed by atoms with van der Waals surface area (Å²) >= 11 is 14.4. The topological polar surface area (TPSA) is 558 Å². The highest BCUT2D eigenvalue weighted by Crippen LogP contribution is 2.52. The number of urea groups is 1. The smallest absolute Gasteiger partial charge is 0.408 e. The van der Waals surface area contributed by atoms with E-state index in [2.05, 4.69) is 49.5 Å². The number of hydrogen-bond donors (Lipinski definition) is 18. The van der Waals surface area contributed by atoms with Crippen molar-refractivity contribution in [1.29, 1.82) is 0 Å². The number of hydrogen-bond acceptors (Lipinski definition) is 28. The standard InChI is InChI=1S/C86H101Cl2N9O28/c1-7-9-10-22-118-47-16-14-46(15-17-47)92-84(115)91-37-117-23-21-90-35-51-55(100)33-50-65(72(51)106)49-25-41(11-18-54(49)99)48-32-57(102)66-44-29-60(120-58-19-12-42(26-52(58)87)70(104)68(95-78(109)40(8-2)24-38(3)4)56(101)28-45(31-63(89)103)79(110)93-66)75(61(30-44)121-59-20-13-43(27-53(59)88)71(105)69(96-80(48)111)81(112)94-67(50)82(113)114)124-83-76(74(108)73(107)62(36-98)122-83)123-64-34-86(6)77(39(5)119-64)125-85(116)97-86/h11-20,25-27,29-30,33,38-40,45,48,62,64,66-71,73-74,76-77,83,90,98-100,104-108H,7-10,21-24,28,31-32,34-37H2,1-6H3,(H2,89,103)(H,93,110)(H,94,112)(H,95,109)(H,96,111)(H,97,116)(H,113,114)(H2,91,92,115)/t39-,40+,45-,48+,62+,64-,66+,67-,68-,69-,70+,71+,73+,74-,76+,77+,83-,86-/m0/s1. The number of ketones is 2. The number of benzene rings is 6. The first-order valence-corrected chi connectivity index (χ1v) is 41.6. The number of carboxylic acid groups (broad SMARTS) is 1. The van der Waals surface area contributed by atoms with Crippen LogP contribution >= 0.6 is 23.2 Å². The van der Waals surface area contributed by atoms with Crippen LogP contribution in [0.3, 0.4) is 0 Å². The van der Waals surface area contributed by atoms with Gasteiger partial charge in [0.2, 0.25) is 41.6 Å². The fourth-order valence-corrected chi connectivity index (χ4v) is 16.5. The molecule has 0 unspecified atom stereocenters. The molecule has 8 amide bonds. The monoisotopic (exact) mass is 1780 g/mol. The molecule has 0 saturated carbocycles. The average molecular weight is 1780 g/mol. The largest absolute Gasteiger partial charge is 0.507 e. The van der Waals surface area contributed by atoms with Crippen molar-refractivity contribution in [3.05, 3.63) is 140 Å². The number of carboxylic acids is 1.